The Hall–Kier alpha value is -1.77. The van der Waals surface area contributed by atoms with Gasteiger partial charge in [0.1, 0.15) is 0 Å². The summed E-state index contributed by atoms with van der Waals surface area (Å²) in [5.41, 5.74) is 5.94. The first-order valence-electron chi connectivity index (χ1n) is 4.04. The van der Waals surface area contributed by atoms with Crippen molar-refractivity contribution in [1.82, 2.24) is 0 Å². The minimum absolute atomic E-state index is 0.421. The average molecular weight is 176 g/mol. The monoisotopic (exact) mass is 176 g/mol. The second kappa shape index (κ2) is 4.98. The van der Waals surface area contributed by atoms with Crippen LogP contribution in [0.4, 0.5) is 5.69 Å². The Kier molecular flexibility index (Phi) is 3.57. The number of nitrogens with two attached hydrogens (primary N) is 1. The number of carbonyl (C=O) groups excluding carboxylic acids is 1. The molecule has 0 unspecified atom stereocenters. The van der Waals surface area contributed by atoms with Crippen LogP contribution in [0, 0.1) is 0 Å². The number of carbonyl (C=O) groups is 1. The molecular formula is C10H12N2O. The molecule has 0 saturated heterocycles. The number of hydrogen-bond acceptors (Lipinski definition) is 2. The van der Waals surface area contributed by atoms with E-state index in [1.807, 2.05) is 30.3 Å². The van der Waals surface area contributed by atoms with Crippen LogP contribution in [0.5, 0.6) is 0 Å². The molecule has 0 radical (unpaired) electrons. The first kappa shape index (κ1) is 9.32. The van der Waals surface area contributed by atoms with Gasteiger partial charge in [-0.1, -0.05) is 24.3 Å². The van der Waals surface area contributed by atoms with Gasteiger partial charge >= 0.3 is 0 Å². The van der Waals surface area contributed by atoms with Crippen LogP contribution in [0.15, 0.2) is 42.5 Å². The molecule has 1 amide bonds. The molecule has 68 valence electrons. The molecule has 1 aromatic carbocycles. The Labute approximate surface area is 77.3 Å². The van der Waals surface area contributed by atoms with Crippen molar-refractivity contribution in [1.29, 1.82) is 0 Å². The molecule has 13 heavy (non-hydrogen) atoms. The van der Waals surface area contributed by atoms with Crippen LogP contribution in [0.25, 0.3) is 0 Å². The summed E-state index contributed by atoms with van der Waals surface area (Å²) in [5.74, 6) is -0.421. The fourth-order valence-corrected chi connectivity index (χ4v) is 0.908. The third kappa shape index (κ3) is 3.96. The van der Waals surface area contributed by atoms with Crippen molar-refractivity contribution in [2.24, 2.45) is 5.73 Å². The number of nitrogens with one attached hydrogen (secondary N) is 1. The maximum atomic E-state index is 10.3. The Balaban J connectivity index is 2.32. The van der Waals surface area contributed by atoms with Gasteiger partial charge in [0, 0.05) is 18.3 Å². The Bertz CT molecular complexity index is 293. The predicted octanol–water partition coefficient (Wildman–Crippen LogP) is 1.14. The van der Waals surface area contributed by atoms with Gasteiger partial charge < -0.3 is 11.1 Å². The molecule has 1 rings (SSSR count). The van der Waals surface area contributed by atoms with Gasteiger partial charge in [-0.25, -0.2) is 0 Å². The van der Waals surface area contributed by atoms with E-state index < -0.39 is 5.91 Å². The van der Waals surface area contributed by atoms with E-state index in [1.165, 1.54) is 6.08 Å². The van der Waals surface area contributed by atoms with Gasteiger partial charge in [-0.2, -0.15) is 0 Å². The van der Waals surface area contributed by atoms with Gasteiger partial charge in [-0.3, -0.25) is 4.79 Å². The normalized spacial score (nSPS) is 10.2. The maximum Gasteiger partial charge on any atom is 0.241 e. The van der Waals surface area contributed by atoms with Gasteiger partial charge in [-0.15, -0.1) is 0 Å². The highest BCUT2D eigenvalue weighted by Gasteiger charge is 1.85. The largest absolute Gasteiger partial charge is 0.382 e. The summed E-state index contributed by atoms with van der Waals surface area (Å²) >= 11 is 0. The van der Waals surface area contributed by atoms with Gasteiger partial charge in [0.2, 0.25) is 5.91 Å². The lowest BCUT2D eigenvalue weighted by Gasteiger charge is -2.00. The number of primary amides is 1. The minimum Gasteiger partial charge on any atom is -0.382 e. The maximum absolute atomic E-state index is 10.3. The lowest BCUT2D eigenvalue weighted by Crippen LogP contribution is -2.07. The summed E-state index contributed by atoms with van der Waals surface area (Å²) in [5, 5.41) is 3.11. The summed E-state index contributed by atoms with van der Waals surface area (Å²) in [4.78, 5) is 10.3. The van der Waals surface area contributed by atoms with E-state index in [1.54, 1.807) is 6.08 Å². The molecule has 0 aliphatic heterocycles. The summed E-state index contributed by atoms with van der Waals surface area (Å²) in [6.07, 6.45) is 3.03. The molecule has 0 bridgehead atoms. The Morgan fingerprint density at radius 2 is 2.08 bits per heavy atom. The van der Waals surface area contributed by atoms with E-state index in [9.17, 15) is 4.79 Å². The third-order valence-electron chi connectivity index (χ3n) is 1.48. The molecule has 3 N–H and O–H groups in total. The molecule has 0 fully saturated rings. The van der Waals surface area contributed by atoms with Crippen molar-refractivity contribution in [2.75, 3.05) is 11.9 Å². The van der Waals surface area contributed by atoms with E-state index in [0.717, 1.165) is 5.69 Å². The van der Waals surface area contributed by atoms with Gasteiger partial charge in [0.05, 0.1) is 0 Å². The summed E-state index contributed by atoms with van der Waals surface area (Å²) in [7, 11) is 0. The van der Waals surface area contributed by atoms with E-state index >= 15 is 0 Å². The molecule has 0 aliphatic rings. The van der Waals surface area contributed by atoms with Crippen molar-refractivity contribution < 1.29 is 4.79 Å². The fourth-order valence-electron chi connectivity index (χ4n) is 0.908. The van der Waals surface area contributed by atoms with Crippen LogP contribution in [0.2, 0.25) is 0 Å². The zero-order valence-corrected chi connectivity index (χ0v) is 7.23. The average Bonchev–Trinajstić information content (AvgIpc) is 2.14. The second-order valence-electron chi connectivity index (χ2n) is 2.55. The number of para-hydroxylation sites is 1. The van der Waals surface area contributed by atoms with Gasteiger partial charge in [0.25, 0.3) is 0 Å². The second-order valence-corrected chi connectivity index (χ2v) is 2.55. The van der Waals surface area contributed by atoms with E-state index in [2.05, 4.69) is 5.32 Å². The Morgan fingerprint density at radius 3 is 2.69 bits per heavy atom. The number of amides is 1. The molecule has 3 heteroatoms. The standard InChI is InChI=1S/C10H12N2O/c11-10(13)7-4-8-12-9-5-2-1-3-6-9/h1-7,12H,8H2,(H2,11,13)/b7-4+. The quantitative estimate of drug-likeness (QED) is 0.676. The lowest BCUT2D eigenvalue weighted by molar-refractivity contribution is -0.113. The highest BCUT2D eigenvalue weighted by molar-refractivity contribution is 5.85. The van der Waals surface area contributed by atoms with Crippen LogP contribution in [0.1, 0.15) is 0 Å². The highest BCUT2D eigenvalue weighted by atomic mass is 16.1. The van der Waals surface area contributed by atoms with Crippen molar-refractivity contribution >= 4 is 11.6 Å². The first-order chi connectivity index (χ1) is 6.29. The van der Waals surface area contributed by atoms with Crippen LogP contribution in [0.3, 0.4) is 0 Å². The lowest BCUT2D eigenvalue weighted by atomic mass is 10.3. The molecule has 0 heterocycles. The zero-order valence-electron chi connectivity index (χ0n) is 7.23. The van der Waals surface area contributed by atoms with E-state index in [0.29, 0.717) is 6.54 Å². The van der Waals surface area contributed by atoms with Gasteiger partial charge in [0.15, 0.2) is 0 Å². The molecule has 0 aliphatic carbocycles. The molecule has 0 atom stereocenters. The van der Waals surface area contributed by atoms with Crippen molar-refractivity contribution in [3.8, 4) is 0 Å². The van der Waals surface area contributed by atoms with E-state index in [4.69, 9.17) is 5.73 Å². The van der Waals surface area contributed by atoms with Crippen LogP contribution >= 0.6 is 0 Å². The molecule has 0 spiro atoms. The summed E-state index contributed by atoms with van der Waals surface area (Å²) < 4.78 is 0. The molecular weight excluding hydrogens is 164 g/mol. The summed E-state index contributed by atoms with van der Waals surface area (Å²) in [6.45, 7) is 0.604. The van der Waals surface area contributed by atoms with Crippen molar-refractivity contribution in [3.05, 3.63) is 42.5 Å². The molecule has 1 aromatic rings. The predicted molar refractivity (Wildman–Crippen MR) is 53.3 cm³/mol. The van der Waals surface area contributed by atoms with Crippen molar-refractivity contribution in [2.45, 2.75) is 0 Å². The van der Waals surface area contributed by atoms with Gasteiger partial charge in [-0.05, 0) is 12.1 Å². The number of anilines is 1. The molecule has 3 nitrogen and oxygen atoms in total. The third-order valence-corrected chi connectivity index (χ3v) is 1.48. The molecule has 0 aromatic heterocycles. The number of rotatable bonds is 4. The Morgan fingerprint density at radius 1 is 1.38 bits per heavy atom. The first-order valence-corrected chi connectivity index (χ1v) is 4.04. The SMILES string of the molecule is NC(=O)/C=C/CNc1ccccc1. The van der Waals surface area contributed by atoms with Crippen LogP contribution in [-0.4, -0.2) is 12.5 Å². The topological polar surface area (TPSA) is 55.1 Å². The number of benzene rings is 1. The highest BCUT2D eigenvalue weighted by Crippen LogP contribution is 2.03. The zero-order chi connectivity index (χ0) is 9.52. The smallest absolute Gasteiger partial charge is 0.241 e. The van der Waals surface area contributed by atoms with Crippen LogP contribution in [-0.2, 0) is 4.79 Å². The minimum atomic E-state index is -0.421. The summed E-state index contributed by atoms with van der Waals surface area (Å²) in [6, 6.07) is 9.75. The fraction of sp³-hybridized carbons (Fsp3) is 0.100. The van der Waals surface area contributed by atoms with E-state index in [-0.39, 0.29) is 0 Å². The van der Waals surface area contributed by atoms with Crippen LogP contribution < -0.4 is 11.1 Å². The molecule has 0 saturated carbocycles. The number of hydrogen-bond donors (Lipinski definition) is 2. The van der Waals surface area contributed by atoms with Crippen molar-refractivity contribution in [3.63, 3.8) is 0 Å².